The van der Waals surface area contributed by atoms with Crippen LogP contribution in [0.4, 0.5) is 11.4 Å². The van der Waals surface area contributed by atoms with Gasteiger partial charge in [-0.2, -0.15) is 0 Å². The van der Waals surface area contributed by atoms with Gasteiger partial charge < -0.3 is 14.1 Å². The Morgan fingerprint density at radius 1 is 0.867 bits per heavy atom. The predicted octanol–water partition coefficient (Wildman–Crippen LogP) is 6.50. The molecule has 1 aliphatic heterocycles. The first-order valence-electron chi connectivity index (χ1n) is 11.1. The monoisotopic (exact) mass is 422 g/mol. The van der Waals surface area contributed by atoms with Gasteiger partial charge in [0.2, 0.25) is 0 Å². The minimum absolute atomic E-state index is 0.0963. The highest BCUT2D eigenvalue weighted by Crippen LogP contribution is 2.61. The molecule has 0 atom stereocenters. The lowest BCUT2D eigenvalue weighted by molar-refractivity contribution is -0.142. The Kier molecular flexibility index (Phi) is 7.07. The number of carbonyl (C=O) groups is 1. The summed E-state index contributed by atoms with van der Waals surface area (Å²) >= 11 is 0. The number of nitrogens with zero attached hydrogens (tertiary/aromatic N) is 2. The van der Waals surface area contributed by atoms with Crippen molar-refractivity contribution >= 4 is 25.6 Å². The molecule has 1 heterocycles. The molecule has 1 aliphatic carbocycles. The number of para-hydroxylation sites is 2. The van der Waals surface area contributed by atoms with Crippen molar-refractivity contribution < 1.29 is 9.53 Å². The van der Waals surface area contributed by atoms with E-state index in [9.17, 15) is 4.79 Å². The van der Waals surface area contributed by atoms with E-state index in [4.69, 9.17) is 4.74 Å². The van der Waals surface area contributed by atoms with Crippen LogP contribution in [0, 0.1) is 0 Å². The number of anilines is 2. The fourth-order valence-corrected chi connectivity index (χ4v) is 7.31. The largest absolute Gasteiger partial charge is 0.466 e. The SMILES string of the molecule is CCOC(=O)CC(=C1CCCCC1)P1N(c2ccccc2)CCN1c1ccccc1. The molecule has 0 radical (unpaired) electrons. The average Bonchev–Trinajstić information content (AvgIpc) is 3.24. The van der Waals surface area contributed by atoms with E-state index >= 15 is 0 Å². The predicted molar refractivity (Wildman–Crippen MR) is 126 cm³/mol. The normalized spacial score (nSPS) is 17.3. The van der Waals surface area contributed by atoms with Crippen molar-refractivity contribution in [2.24, 2.45) is 0 Å². The van der Waals surface area contributed by atoms with Crippen molar-refractivity contribution in [3.05, 3.63) is 71.6 Å². The van der Waals surface area contributed by atoms with Gasteiger partial charge in [-0.25, -0.2) is 0 Å². The Morgan fingerprint density at radius 3 is 1.90 bits per heavy atom. The summed E-state index contributed by atoms with van der Waals surface area (Å²) in [4.78, 5) is 12.7. The Hall–Kier alpha value is -2.32. The number of ether oxygens (including phenoxy) is 1. The second-order valence-electron chi connectivity index (χ2n) is 7.80. The van der Waals surface area contributed by atoms with Gasteiger partial charge in [0.25, 0.3) is 0 Å². The molecule has 0 amide bonds. The van der Waals surface area contributed by atoms with Crippen LogP contribution in [0.1, 0.15) is 45.4 Å². The smallest absolute Gasteiger partial charge is 0.310 e. The van der Waals surface area contributed by atoms with Crippen molar-refractivity contribution in [3.8, 4) is 0 Å². The highest BCUT2D eigenvalue weighted by Gasteiger charge is 2.38. The molecular formula is C25H31N2O2P. The summed E-state index contributed by atoms with van der Waals surface area (Å²) in [5, 5.41) is 1.31. The summed E-state index contributed by atoms with van der Waals surface area (Å²) in [7, 11) is -0.809. The van der Waals surface area contributed by atoms with Crippen LogP contribution in [0.3, 0.4) is 0 Å². The van der Waals surface area contributed by atoms with Gasteiger partial charge in [-0.15, -0.1) is 0 Å². The molecule has 4 nitrogen and oxygen atoms in total. The number of hydrogen-bond donors (Lipinski definition) is 0. The molecule has 1 saturated carbocycles. The minimum atomic E-state index is -0.809. The average molecular weight is 423 g/mol. The Bertz CT molecular complexity index is 814. The molecule has 2 aliphatic rings. The maximum atomic E-state index is 12.7. The zero-order chi connectivity index (χ0) is 20.8. The Labute approximate surface area is 181 Å². The number of rotatable bonds is 6. The summed E-state index contributed by atoms with van der Waals surface area (Å²) in [5.74, 6) is -0.0963. The molecule has 0 N–H and O–H groups in total. The summed E-state index contributed by atoms with van der Waals surface area (Å²) in [6.45, 7) is 4.25. The van der Waals surface area contributed by atoms with E-state index in [0.29, 0.717) is 13.0 Å². The van der Waals surface area contributed by atoms with Gasteiger partial charge >= 0.3 is 5.97 Å². The molecular weight excluding hydrogens is 391 g/mol. The van der Waals surface area contributed by atoms with Crippen molar-refractivity contribution in [2.45, 2.75) is 45.4 Å². The first-order valence-corrected chi connectivity index (χ1v) is 12.3. The van der Waals surface area contributed by atoms with Crippen molar-refractivity contribution in [2.75, 3.05) is 29.0 Å². The Morgan fingerprint density at radius 2 is 1.40 bits per heavy atom. The molecule has 0 bridgehead atoms. The number of esters is 1. The number of hydrogen-bond acceptors (Lipinski definition) is 4. The lowest BCUT2D eigenvalue weighted by atomic mass is 9.94. The second kappa shape index (κ2) is 10.1. The maximum Gasteiger partial charge on any atom is 0.310 e. The summed E-state index contributed by atoms with van der Waals surface area (Å²) < 4.78 is 10.5. The number of benzene rings is 2. The van der Waals surface area contributed by atoms with E-state index in [1.165, 1.54) is 41.5 Å². The fourth-order valence-electron chi connectivity index (χ4n) is 4.43. The molecule has 4 rings (SSSR count). The third kappa shape index (κ3) is 4.70. The third-order valence-electron chi connectivity index (χ3n) is 5.81. The first kappa shape index (κ1) is 20.9. The lowest BCUT2D eigenvalue weighted by Gasteiger charge is -2.36. The Balaban J connectivity index is 1.77. The summed E-state index contributed by atoms with van der Waals surface area (Å²) in [6.07, 6.45) is 6.36. The van der Waals surface area contributed by atoms with Crippen molar-refractivity contribution in [1.29, 1.82) is 0 Å². The number of allylic oxidation sites excluding steroid dienone is 1. The third-order valence-corrected chi connectivity index (χ3v) is 8.55. The topological polar surface area (TPSA) is 32.8 Å². The maximum absolute atomic E-state index is 12.7. The van der Waals surface area contributed by atoms with Gasteiger partial charge in [-0.1, -0.05) is 48.4 Å². The van der Waals surface area contributed by atoms with Crippen LogP contribution in [-0.4, -0.2) is 25.7 Å². The van der Waals surface area contributed by atoms with E-state index in [-0.39, 0.29) is 5.97 Å². The molecule has 0 unspecified atom stereocenters. The fraction of sp³-hybridized carbons (Fsp3) is 0.400. The van der Waals surface area contributed by atoms with Crippen LogP contribution < -0.4 is 9.34 Å². The van der Waals surface area contributed by atoms with Crippen LogP contribution in [0.15, 0.2) is 71.6 Å². The number of carbonyl (C=O) groups excluding carboxylic acids is 1. The van der Waals surface area contributed by atoms with E-state index in [0.717, 1.165) is 25.9 Å². The van der Waals surface area contributed by atoms with Gasteiger partial charge in [-0.3, -0.25) is 4.79 Å². The summed E-state index contributed by atoms with van der Waals surface area (Å²) in [5.41, 5.74) is 3.96. The van der Waals surface area contributed by atoms with Crippen LogP contribution in [0.25, 0.3) is 0 Å². The molecule has 2 aromatic carbocycles. The van der Waals surface area contributed by atoms with Crippen LogP contribution in [0.5, 0.6) is 0 Å². The molecule has 0 spiro atoms. The molecule has 5 heteroatoms. The van der Waals surface area contributed by atoms with Crippen LogP contribution >= 0.6 is 8.22 Å². The highest BCUT2D eigenvalue weighted by molar-refractivity contribution is 7.65. The van der Waals surface area contributed by atoms with E-state index in [1.807, 2.05) is 6.92 Å². The van der Waals surface area contributed by atoms with Gasteiger partial charge in [-0.05, 0) is 56.9 Å². The zero-order valence-corrected chi connectivity index (χ0v) is 18.7. The van der Waals surface area contributed by atoms with E-state index < -0.39 is 8.22 Å². The van der Waals surface area contributed by atoms with Crippen molar-refractivity contribution in [3.63, 3.8) is 0 Å². The van der Waals surface area contributed by atoms with Crippen LogP contribution in [0.2, 0.25) is 0 Å². The first-order chi connectivity index (χ1) is 14.8. The van der Waals surface area contributed by atoms with Crippen molar-refractivity contribution in [1.82, 2.24) is 0 Å². The molecule has 2 aromatic rings. The van der Waals surface area contributed by atoms with Crippen LogP contribution in [-0.2, 0) is 9.53 Å². The molecule has 0 aromatic heterocycles. The van der Waals surface area contributed by atoms with Gasteiger partial charge in [0.05, 0.1) is 13.0 Å². The standard InChI is InChI=1S/C25H31N2O2P/c1-2-29-25(28)20-24(21-12-6-3-7-13-21)30-26(22-14-8-4-9-15-22)18-19-27(30)23-16-10-5-11-17-23/h4-5,8-11,14-17H,2-3,6-7,12-13,18-20H2,1H3. The van der Waals surface area contributed by atoms with Gasteiger partial charge in [0.1, 0.15) is 8.22 Å². The highest BCUT2D eigenvalue weighted by atomic mass is 31.1. The van der Waals surface area contributed by atoms with E-state index in [2.05, 4.69) is 70.0 Å². The minimum Gasteiger partial charge on any atom is -0.466 e. The molecule has 30 heavy (non-hydrogen) atoms. The second-order valence-corrected chi connectivity index (χ2v) is 9.88. The molecule has 2 fully saturated rings. The summed E-state index contributed by atoms with van der Waals surface area (Å²) in [6, 6.07) is 21.3. The quantitative estimate of drug-likeness (QED) is 0.393. The van der Waals surface area contributed by atoms with E-state index in [1.54, 1.807) is 0 Å². The lowest BCUT2D eigenvalue weighted by Crippen LogP contribution is -2.19. The molecule has 1 saturated heterocycles. The zero-order valence-electron chi connectivity index (χ0n) is 17.8. The molecule has 158 valence electrons. The van der Waals surface area contributed by atoms with Gasteiger partial charge in [0, 0.05) is 29.8 Å². The van der Waals surface area contributed by atoms with Gasteiger partial charge in [0.15, 0.2) is 0 Å².